The average Bonchev–Trinajstić information content (AvgIpc) is 3.30. The Morgan fingerprint density at radius 3 is 2.59 bits per heavy atom. The van der Waals surface area contributed by atoms with Crippen molar-refractivity contribution in [1.29, 1.82) is 0 Å². The molecular formula is C21H22N2O3S. The maximum absolute atomic E-state index is 13.2. The van der Waals surface area contributed by atoms with Crippen molar-refractivity contribution in [2.24, 2.45) is 0 Å². The lowest BCUT2D eigenvalue weighted by Gasteiger charge is -2.27. The number of nitrogens with zero attached hydrogens (tertiary/aromatic N) is 2. The first-order valence-electron chi connectivity index (χ1n) is 9.28. The molecule has 0 aliphatic carbocycles. The number of carbonyl (C=O) groups is 1. The molecule has 140 valence electrons. The number of carbonyl (C=O) groups excluding carboxylic acids is 1. The number of hydrogen-bond acceptors (Lipinski definition) is 5. The summed E-state index contributed by atoms with van der Waals surface area (Å²) in [6.07, 6.45) is 0. The number of rotatable bonds is 6. The first-order chi connectivity index (χ1) is 13.2. The van der Waals surface area contributed by atoms with Gasteiger partial charge in [0.1, 0.15) is 5.58 Å². The van der Waals surface area contributed by atoms with Crippen LogP contribution in [0.1, 0.15) is 40.9 Å². The van der Waals surface area contributed by atoms with Gasteiger partial charge in [-0.05, 0) is 36.7 Å². The molecule has 6 heteroatoms. The van der Waals surface area contributed by atoms with Crippen LogP contribution in [0.25, 0.3) is 11.0 Å². The maximum atomic E-state index is 13.2. The highest BCUT2D eigenvalue weighted by Gasteiger charge is 2.43. The lowest BCUT2D eigenvalue weighted by molar-refractivity contribution is 0.0710. The fraction of sp³-hybridized carbons (Fsp3) is 0.333. The van der Waals surface area contributed by atoms with Gasteiger partial charge >= 0.3 is 0 Å². The Morgan fingerprint density at radius 1 is 1.11 bits per heavy atom. The summed E-state index contributed by atoms with van der Waals surface area (Å²) in [6.45, 7) is 7.40. The Labute approximate surface area is 161 Å². The second-order valence-corrected chi connectivity index (χ2v) is 7.59. The number of thiophene rings is 1. The van der Waals surface area contributed by atoms with Crippen molar-refractivity contribution >= 4 is 28.2 Å². The second-order valence-electron chi connectivity index (χ2n) is 6.61. The molecule has 1 aromatic carbocycles. The first-order valence-corrected chi connectivity index (χ1v) is 10.2. The standard InChI is InChI=1S/C21H22N2O3S/c1-3-22(4-2)11-12-23-18(16-10-7-13-27-16)17-19(24)14-8-5-6-9-15(14)26-20(17)21(23)25/h5-10,13,18H,3-4,11-12H2,1-2H3. The van der Waals surface area contributed by atoms with Crippen LogP contribution in [0.2, 0.25) is 0 Å². The van der Waals surface area contributed by atoms with Gasteiger partial charge in [0.25, 0.3) is 5.91 Å². The molecule has 0 radical (unpaired) electrons. The van der Waals surface area contributed by atoms with Crippen LogP contribution >= 0.6 is 11.3 Å². The van der Waals surface area contributed by atoms with E-state index in [1.54, 1.807) is 28.4 Å². The minimum atomic E-state index is -0.371. The third kappa shape index (κ3) is 2.99. The maximum Gasteiger partial charge on any atom is 0.290 e. The average molecular weight is 382 g/mol. The van der Waals surface area contributed by atoms with Crippen LogP contribution in [0.3, 0.4) is 0 Å². The number of hydrogen-bond donors (Lipinski definition) is 0. The van der Waals surface area contributed by atoms with Gasteiger partial charge in [0.05, 0.1) is 17.0 Å². The predicted molar refractivity (Wildman–Crippen MR) is 107 cm³/mol. The van der Waals surface area contributed by atoms with Gasteiger partial charge in [-0.1, -0.05) is 32.0 Å². The summed E-state index contributed by atoms with van der Waals surface area (Å²) < 4.78 is 5.92. The molecule has 3 heterocycles. The zero-order chi connectivity index (χ0) is 19.0. The fourth-order valence-corrected chi connectivity index (χ4v) is 4.57. The van der Waals surface area contributed by atoms with E-state index >= 15 is 0 Å². The van der Waals surface area contributed by atoms with E-state index in [1.165, 1.54) is 0 Å². The molecule has 2 aromatic heterocycles. The summed E-state index contributed by atoms with van der Waals surface area (Å²) in [7, 11) is 0. The molecule has 0 saturated heterocycles. The van der Waals surface area contributed by atoms with Gasteiger partial charge in [-0.2, -0.15) is 0 Å². The molecule has 1 aliphatic heterocycles. The highest BCUT2D eigenvalue weighted by atomic mass is 32.1. The molecule has 3 aromatic rings. The summed E-state index contributed by atoms with van der Waals surface area (Å²) >= 11 is 1.56. The Kier molecular flexibility index (Phi) is 4.85. The van der Waals surface area contributed by atoms with Crippen molar-refractivity contribution in [3.8, 4) is 0 Å². The molecule has 1 amide bonds. The van der Waals surface area contributed by atoms with E-state index in [4.69, 9.17) is 4.42 Å². The van der Waals surface area contributed by atoms with Gasteiger partial charge in [0, 0.05) is 18.0 Å². The van der Waals surface area contributed by atoms with Crippen molar-refractivity contribution in [3.05, 3.63) is 68.2 Å². The lowest BCUT2D eigenvalue weighted by Crippen LogP contribution is -2.37. The van der Waals surface area contributed by atoms with Crippen LogP contribution < -0.4 is 5.43 Å². The molecule has 0 fully saturated rings. The quantitative estimate of drug-likeness (QED) is 0.652. The summed E-state index contributed by atoms with van der Waals surface area (Å²) in [4.78, 5) is 31.4. The van der Waals surface area contributed by atoms with E-state index in [0.29, 0.717) is 23.1 Å². The highest BCUT2D eigenvalue weighted by Crippen LogP contribution is 2.39. The molecule has 1 aliphatic rings. The van der Waals surface area contributed by atoms with Crippen LogP contribution in [-0.2, 0) is 0 Å². The number of amides is 1. The van der Waals surface area contributed by atoms with Crippen molar-refractivity contribution in [2.75, 3.05) is 26.2 Å². The summed E-state index contributed by atoms with van der Waals surface area (Å²) in [6, 6.07) is 10.7. The third-order valence-electron chi connectivity index (χ3n) is 5.24. The predicted octanol–water partition coefficient (Wildman–Crippen LogP) is 3.74. The molecule has 1 atom stereocenters. The van der Waals surface area contributed by atoms with Crippen LogP contribution in [-0.4, -0.2) is 41.9 Å². The van der Waals surface area contributed by atoms with Crippen LogP contribution in [0, 0.1) is 0 Å². The van der Waals surface area contributed by atoms with Crippen LogP contribution in [0.4, 0.5) is 0 Å². The lowest BCUT2D eigenvalue weighted by atomic mass is 10.0. The number of benzene rings is 1. The van der Waals surface area contributed by atoms with Crippen molar-refractivity contribution in [3.63, 3.8) is 0 Å². The Morgan fingerprint density at radius 2 is 1.89 bits per heavy atom. The van der Waals surface area contributed by atoms with Crippen LogP contribution in [0.5, 0.6) is 0 Å². The summed E-state index contributed by atoms with van der Waals surface area (Å²) in [5.41, 5.74) is 0.828. The molecule has 0 bridgehead atoms. The van der Waals surface area contributed by atoms with E-state index in [2.05, 4.69) is 18.7 Å². The van der Waals surface area contributed by atoms with Crippen molar-refractivity contribution in [2.45, 2.75) is 19.9 Å². The largest absolute Gasteiger partial charge is 0.450 e. The minimum absolute atomic E-state index is 0.107. The molecule has 1 unspecified atom stereocenters. The van der Waals surface area contributed by atoms with E-state index in [1.807, 2.05) is 29.6 Å². The van der Waals surface area contributed by atoms with Gasteiger partial charge in [-0.3, -0.25) is 9.59 Å². The molecule has 0 spiro atoms. The zero-order valence-electron chi connectivity index (χ0n) is 15.5. The van der Waals surface area contributed by atoms with Crippen molar-refractivity contribution in [1.82, 2.24) is 9.80 Å². The minimum Gasteiger partial charge on any atom is -0.450 e. The van der Waals surface area contributed by atoms with Gasteiger partial charge in [-0.15, -0.1) is 11.3 Å². The Hall–Kier alpha value is -2.44. The smallest absolute Gasteiger partial charge is 0.290 e. The SMILES string of the molecule is CCN(CC)CCN1C(=O)c2oc3ccccc3c(=O)c2C1c1cccs1. The summed E-state index contributed by atoms with van der Waals surface area (Å²) in [5.74, 6) is -0.00458. The third-order valence-corrected chi connectivity index (χ3v) is 6.16. The normalized spacial score (nSPS) is 16.5. The van der Waals surface area contributed by atoms with E-state index in [9.17, 15) is 9.59 Å². The molecular weight excluding hydrogens is 360 g/mol. The second kappa shape index (κ2) is 7.29. The molecule has 0 saturated carbocycles. The number of likely N-dealkylation sites (N-methyl/N-ethyl adjacent to an activating group) is 1. The van der Waals surface area contributed by atoms with Gasteiger partial charge < -0.3 is 14.2 Å². The molecule has 27 heavy (non-hydrogen) atoms. The topological polar surface area (TPSA) is 53.8 Å². The Bertz CT molecular complexity index is 1020. The molecule has 0 N–H and O–H groups in total. The molecule has 4 rings (SSSR count). The van der Waals surface area contributed by atoms with Gasteiger partial charge in [0.15, 0.2) is 5.43 Å². The number of fused-ring (bicyclic) bond motifs is 2. The zero-order valence-corrected chi connectivity index (χ0v) is 16.3. The van der Waals surface area contributed by atoms with Gasteiger partial charge in [-0.25, -0.2) is 0 Å². The van der Waals surface area contributed by atoms with E-state index < -0.39 is 0 Å². The van der Waals surface area contributed by atoms with E-state index in [0.717, 1.165) is 24.5 Å². The first kappa shape index (κ1) is 17.9. The van der Waals surface area contributed by atoms with Crippen LogP contribution in [0.15, 0.2) is 51.0 Å². The monoisotopic (exact) mass is 382 g/mol. The highest BCUT2D eigenvalue weighted by molar-refractivity contribution is 7.10. The Balaban J connectivity index is 1.83. The number of para-hydroxylation sites is 1. The summed E-state index contributed by atoms with van der Waals surface area (Å²) in [5, 5.41) is 2.50. The van der Waals surface area contributed by atoms with E-state index in [-0.39, 0.29) is 23.1 Å². The van der Waals surface area contributed by atoms with Crippen molar-refractivity contribution < 1.29 is 9.21 Å². The van der Waals surface area contributed by atoms with Gasteiger partial charge in [0.2, 0.25) is 5.76 Å². The molecule has 5 nitrogen and oxygen atoms in total. The fourth-order valence-electron chi connectivity index (χ4n) is 3.73.